The molecule has 0 saturated carbocycles. The molecule has 0 amide bonds. The normalized spacial score (nSPS) is 9.15. The lowest BCUT2D eigenvalue weighted by Gasteiger charge is -2.09. The molecule has 0 aliphatic rings. The summed E-state index contributed by atoms with van der Waals surface area (Å²) in [6, 6.07) is 3.98. The van der Waals surface area contributed by atoms with E-state index in [1.807, 2.05) is 27.7 Å². The van der Waals surface area contributed by atoms with Crippen molar-refractivity contribution in [1.29, 1.82) is 0 Å². The average molecular weight is 280 g/mol. The highest BCUT2D eigenvalue weighted by molar-refractivity contribution is 5.94. The zero-order valence-electron chi connectivity index (χ0n) is 12.7. The van der Waals surface area contributed by atoms with E-state index >= 15 is 0 Å². The van der Waals surface area contributed by atoms with E-state index in [4.69, 9.17) is 0 Å². The maximum absolute atomic E-state index is 13.5. The Hall–Kier alpha value is -1.90. The van der Waals surface area contributed by atoms with E-state index in [9.17, 15) is 13.9 Å². The van der Waals surface area contributed by atoms with Crippen LogP contribution in [-0.4, -0.2) is 5.11 Å². The average Bonchev–Trinajstić information content (AvgIpc) is 2.45. The van der Waals surface area contributed by atoms with Crippen molar-refractivity contribution in [2.75, 3.05) is 0 Å². The van der Waals surface area contributed by atoms with Crippen LogP contribution in [0, 0.1) is 18.6 Å². The molecule has 20 heavy (non-hydrogen) atoms. The van der Waals surface area contributed by atoms with Gasteiger partial charge < -0.3 is 5.11 Å². The first kappa shape index (κ1) is 18.1. The monoisotopic (exact) mass is 280 g/mol. The van der Waals surface area contributed by atoms with Gasteiger partial charge in [-0.05, 0) is 41.5 Å². The number of phenolic OH excluding ortho intramolecular Hbond substituents is 1. The highest BCUT2D eigenvalue weighted by Crippen LogP contribution is 2.30. The van der Waals surface area contributed by atoms with Gasteiger partial charge in [-0.1, -0.05) is 40.3 Å². The third kappa shape index (κ3) is 3.56. The zero-order valence-corrected chi connectivity index (χ0v) is 12.7. The van der Waals surface area contributed by atoms with Crippen molar-refractivity contribution < 1.29 is 13.9 Å². The smallest absolute Gasteiger partial charge is 0.166 e. The molecule has 3 heteroatoms. The van der Waals surface area contributed by atoms with Crippen LogP contribution < -0.4 is 0 Å². The molecular weight excluding hydrogens is 258 g/mol. The summed E-state index contributed by atoms with van der Waals surface area (Å²) in [4.78, 5) is 0. The first-order valence-electron chi connectivity index (χ1n) is 6.78. The van der Waals surface area contributed by atoms with Crippen LogP contribution in [0.4, 0.5) is 8.78 Å². The predicted molar refractivity (Wildman–Crippen MR) is 83.1 cm³/mol. The quantitative estimate of drug-likeness (QED) is 0.697. The van der Waals surface area contributed by atoms with Gasteiger partial charge in [0.2, 0.25) is 0 Å². The molecule has 2 aromatic carbocycles. The van der Waals surface area contributed by atoms with Gasteiger partial charge in [0.25, 0.3) is 0 Å². The maximum atomic E-state index is 13.5. The van der Waals surface area contributed by atoms with Crippen LogP contribution in [0.2, 0.25) is 0 Å². The molecule has 2 rings (SSSR count). The van der Waals surface area contributed by atoms with E-state index in [1.165, 1.54) is 18.2 Å². The van der Waals surface area contributed by atoms with Crippen LogP contribution in [0.25, 0.3) is 16.8 Å². The molecule has 0 spiro atoms. The van der Waals surface area contributed by atoms with Crippen molar-refractivity contribution >= 4 is 16.8 Å². The largest absolute Gasteiger partial charge is 0.508 e. The second kappa shape index (κ2) is 8.31. The second-order valence-corrected chi connectivity index (χ2v) is 3.65. The molecule has 110 valence electrons. The summed E-state index contributed by atoms with van der Waals surface area (Å²) in [7, 11) is 0. The van der Waals surface area contributed by atoms with Crippen molar-refractivity contribution in [1.82, 2.24) is 0 Å². The van der Waals surface area contributed by atoms with Gasteiger partial charge in [-0.2, -0.15) is 0 Å². The van der Waals surface area contributed by atoms with Gasteiger partial charge in [-0.25, -0.2) is 8.78 Å². The van der Waals surface area contributed by atoms with Crippen LogP contribution in [0.5, 0.6) is 5.75 Å². The van der Waals surface area contributed by atoms with E-state index in [1.54, 1.807) is 6.92 Å². The van der Waals surface area contributed by atoms with E-state index in [0.717, 1.165) is 6.07 Å². The third-order valence-electron chi connectivity index (χ3n) is 2.55. The van der Waals surface area contributed by atoms with Crippen LogP contribution in [0.1, 0.15) is 38.8 Å². The Kier molecular flexibility index (Phi) is 7.52. The van der Waals surface area contributed by atoms with Crippen LogP contribution >= 0.6 is 0 Å². The van der Waals surface area contributed by atoms with Crippen molar-refractivity contribution in [3.05, 3.63) is 47.5 Å². The summed E-state index contributed by atoms with van der Waals surface area (Å²) in [5, 5.41) is 10.4. The topological polar surface area (TPSA) is 20.2 Å². The van der Waals surface area contributed by atoms with Gasteiger partial charge in [0, 0.05) is 5.56 Å². The molecule has 0 heterocycles. The van der Waals surface area contributed by atoms with Crippen molar-refractivity contribution in [2.24, 2.45) is 0 Å². The van der Waals surface area contributed by atoms with Crippen LogP contribution in [-0.2, 0) is 0 Å². The Morgan fingerprint density at radius 3 is 2.10 bits per heavy atom. The van der Waals surface area contributed by atoms with Gasteiger partial charge in [0.1, 0.15) is 5.75 Å². The van der Waals surface area contributed by atoms with Crippen LogP contribution in [0.15, 0.2) is 24.8 Å². The molecule has 0 aliphatic carbocycles. The maximum Gasteiger partial charge on any atom is 0.166 e. The molecule has 2 aromatic rings. The fourth-order valence-electron chi connectivity index (χ4n) is 1.91. The number of aromatic hydroxyl groups is 1. The minimum absolute atomic E-state index is 0.0334. The molecule has 1 N–H and O–H groups in total. The van der Waals surface area contributed by atoms with Gasteiger partial charge in [0.15, 0.2) is 11.6 Å². The highest BCUT2D eigenvalue weighted by Gasteiger charge is 2.13. The van der Waals surface area contributed by atoms with E-state index < -0.39 is 11.6 Å². The molecule has 0 unspecified atom stereocenters. The van der Waals surface area contributed by atoms with Gasteiger partial charge in [0.05, 0.1) is 0 Å². The predicted octanol–water partition coefficient (Wildman–Crippen LogP) is 5.83. The number of fused-ring (bicyclic) bond motifs is 1. The van der Waals surface area contributed by atoms with Crippen molar-refractivity contribution in [3.63, 3.8) is 0 Å². The molecule has 0 aliphatic heterocycles. The van der Waals surface area contributed by atoms with Gasteiger partial charge in [-0.15, -0.1) is 0 Å². The van der Waals surface area contributed by atoms with Crippen molar-refractivity contribution in [2.45, 2.75) is 34.6 Å². The number of halogens is 2. The number of benzene rings is 2. The Labute approximate surface area is 119 Å². The molecule has 0 fully saturated rings. The van der Waals surface area contributed by atoms with E-state index in [-0.39, 0.29) is 11.3 Å². The van der Waals surface area contributed by atoms with E-state index in [0.29, 0.717) is 16.3 Å². The first-order chi connectivity index (χ1) is 9.54. The lowest BCUT2D eigenvalue weighted by atomic mass is 9.99. The number of phenols is 1. The molecule has 0 aromatic heterocycles. The van der Waals surface area contributed by atoms with Crippen molar-refractivity contribution in [3.8, 4) is 5.75 Å². The summed E-state index contributed by atoms with van der Waals surface area (Å²) in [6.07, 6.45) is 1.28. The molecule has 0 bridgehead atoms. The first-order valence-corrected chi connectivity index (χ1v) is 6.78. The number of hydrogen-bond donors (Lipinski definition) is 1. The molecular formula is C17H22F2O. The molecule has 0 radical (unpaired) electrons. The fourth-order valence-corrected chi connectivity index (χ4v) is 1.91. The highest BCUT2D eigenvalue weighted by atomic mass is 19.2. The Balaban J connectivity index is 0.000000829. The number of aryl methyl sites for hydroxylation is 1. The number of hydrogen-bond acceptors (Lipinski definition) is 1. The molecule has 0 saturated heterocycles. The minimum Gasteiger partial charge on any atom is -0.508 e. The molecule has 1 nitrogen and oxygen atoms in total. The second-order valence-electron chi connectivity index (χ2n) is 3.65. The number of rotatable bonds is 1. The standard InChI is InChI=1S/C13H10F2O.2C2H6/c1-3-10-12-7(2)4-9(16)5-8(12)6-11(14)13(10)15;2*1-2/h3-6,16H,1H2,2H3;2*1-2H3. The summed E-state index contributed by atoms with van der Waals surface area (Å²) >= 11 is 0. The Bertz CT molecular complexity index is 589. The third-order valence-corrected chi connectivity index (χ3v) is 2.55. The van der Waals surface area contributed by atoms with Crippen LogP contribution in [0.3, 0.4) is 0 Å². The van der Waals surface area contributed by atoms with E-state index in [2.05, 4.69) is 6.58 Å². The minimum atomic E-state index is -0.938. The summed E-state index contributed by atoms with van der Waals surface area (Å²) in [5.74, 6) is -1.81. The van der Waals surface area contributed by atoms with Gasteiger partial charge in [-0.3, -0.25) is 0 Å². The van der Waals surface area contributed by atoms with Gasteiger partial charge >= 0.3 is 0 Å². The SMILES string of the molecule is C=Cc1c(F)c(F)cc2cc(O)cc(C)c12.CC.CC. The lowest BCUT2D eigenvalue weighted by molar-refractivity contribution is 0.475. The Morgan fingerprint density at radius 1 is 1.05 bits per heavy atom. The summed E-state index contributed by atoms with van der Waals surface area (Å²) < 4.78 is 26.8. The molecule has 0 atom stereocenters. The zero-order chi connectivity index (χ0) is 15.9. The fraction of sp³-hybridized carbons (Fsp3) is 0.294. The summed E-state index contributed by atoms with van der Waals surface area (Å²) in [6.45, 7) is 13.2. The lowest BCUT2D eigenvalue weighted by Crippen LogP contribution is -1.93. The summed E-state index contributed by atoms with van der Waals surface area (Å²) in [5.41, 5.74) is 0.816. The Morgan fingerprint density at radius 2 is 1.60 bits per heavy atom.